The third kappa shape index (κ3) is 2.95. The van der Waals surface area contributed by atoms with Crippen LogP contribution in [0.5, 0.6) is 0 Å². The molecule has 0 saturated heterocycles. The summed E-state index contributed by atoms with van der Waals surface area (Å²) in [7, 11) is 0. The standard InChI is InChI=1S/C19H16BrN3O/c20-15-2-4-18-14(11-15)6-9-23(18)10-7-19(24)22-16-3-1-13-5-8-21-17(13)12-16/h1-6,8-9,11-12,21H,7,10H2,(H,22,24). The molecule has 0 spiro atoms. The molecule has 2 N–H and O–H groups in total. The quantitative estimate of drug-likeness (QED) is 0.518. The zero-order valence-corrected chi connectivity index (χ0v) is 14.5. The molecule has 4 rings (SSSR count). The minimum atomic E-state index is 0.0138. The minimum absolute atomic E-state index is 0.0138. The topological polar surface area (TPSA) is 49.8 Å². The number of hydrogen-bond acceptors (Lipinski definition) is 1. The predicted molar refractivity (Wildman–Crippen MR) is 101 cm³/mol. The number of fused-ring (bicyclic) bond motifs is 2. The summed E-state index contributed by atoms with van der Waals surface area (Å²) in [5.74, 6) is 0.0138. The number of amides is 1. The van der Waals surface area contributed by atoms with Gasteiger partial charge in [0.2, 0.25) is 5.91 Å². The Kier molecular flexibility index (Phi) is 3.86. The highest BCUT2D eigenvalue weighted by atomic mass is 79.9. The van der Waals surface area contributed by atoms with Crippen molar-refractivity contribution in [1.29, 1.82) is 0 Å². The average Bonchev–Trinajstić information content (AvgIpc) is 3.18. The highest BCUT2D eigenvalue weighted by molar-refractivity contribution is 9.10. The van der Waals surface area contributed by atoms with Gasteiger partial charge in [-0.05, 0) is 47.9 Å². The van der Waals surface area contributed by atoms with E-state index in [9.17, 15) is 4.79 Å². The van der Waals surface area contributed by atoms with Gasteiger partial charge in [0.25, 0.3) is 0 Å². The first-order valence-electron chi connectivity index (χ1n) is 7.80. The zero-order valence-electron chi connectivity index (χ0n) is 12.9. The van der Waals surface area contributed by atoms with E-state index in [0.29, 0.717) is 13.0 Å². The molecule has 0 bridgehead atoms. The number of benzene rings is 2. The van der Waals surface area contributed by atoms with Crippen LogP contribution in [0.15, 0.2) is 65.4 Å². The molecule has 0 aliphatic carbocycles. The number of aryl methyl sites for hydroxylation is 1. The Morgan fingerprint density at radius 1 is 1.08 bits per heavy atom. The number of aromatic amines is 1. The summed E-state index contributed by atoms with van der Waals surface area (Å²) < 4.78 is 3.17. The lowest BCUT2D eigenvalue weighted by molar-refractivity contribution is -0.116. The van der Waals surface area contributed by atoms with Gasteiger partial charge in [-0.1, -0.05) is 22.0 Å². The molecular weight excluding hydrogens is 366 g/mol. The number of carbonyl (C=O) groups excluding carboxylic acids is 1. The molecule has 0 radical (unpaired) electrons. The number of H-pyrrole nitrogens is 1. The highest BCUT2D eigenvalue weighted by Crippen LogP contribution is 2.21. The van der Waals surface area contributed by atoms with E-state index in [1.807, 2.05) is 42.7 Å². The number of anilines is 1. The van der Waals surface area contributed by atoms with Crippen molar-refractivity contribution in [1.82, 2.24) is 9.55 Å². The number of halogens is 1. The summed E-state index contributed by atoms with van der Waals surface area (Å²) in [6.07, 6.45) is 4.35. The van der Waals surface area contributed by atoms with E-state index in [-0.39, 0.29) is 5.91 Å². The van der Waals surface area contributed by atoms with Crippen LogP contribution in [0.1, 0.15) is 6.42 Å². The van der Waals surface area contributed by atoms with E-state index >= 15 is 0 Å². The highest BCUT2D eigenvalue weighted by Gasteiger charge is 2.06. The van der Waals surface area contributed by atoms with Crippen LogP contribution in [-0.2, 0) is 11.3 Å². The van der Waals surface area contributed by atoms with Crippen molar-refractivity contribution in [3.05, 3.63) is 65.4 Å². The van der Waals surface area contributed by atoms with Gasteiger partial charge < -0.3 is 14.9 Å². The lowest BCUT2D eigenvalue weighted by Gasteiger charge is -2.07. The third-order valence-electron chi connectivity index (χ3n) is 4.15. The maximum atomic E-state index is 12.2. The van der Waals surface area contributed by atoms with Crippen LogP contribution < -0.4 is 5.32 Å². The van der Waals surface area contributed by atoms with Gasteiger partial charge in [-0.15, -0.1) is 0 Å². The van der Waals surface area contributed by atoms with E-state index in [1.165, 1.54) is 5.39 Å². The van der Waals surface area contributed by atoms with Gasteiger partial charge in [-0.2, -0.15) is 0 Å². The van der Waals surface area contributed by atoms with Crippen LogP contribution in [0.3, 0.4) is 0 Å². The molecule has 2 heterocycles. The molecule has 120 valence electrons. The van der Waals surface area contributed by atoms with Gasteiger partial charge in [0.15, 0.2) is 0 Å². The molecule has 0 atom stereocenters. The number of rotatable bonds is 4. The van der Waals surface area contributed by atoms with Crippen LogP contribution >= 0.6 is 15.9 Å². The van der Waals surface area contributed by atoms with Crippen LogP contribution in [0.25, 0.3) is 21.8 Å². The van der Waals surface area contributed by atoms with Crippen molar-refractivity contribution in [3.63, 3.8) is 0 Å². The lowest BCUT2D eigenvalue weighted by atomic mass is 10.2. The third-order valence-corrected chi connectivity index (χ3v) is 4.64. The monoisotopic (exact) mass is 381 g/mol. The Balaban J connectivity index is 1.43. The molecule has 0 saturated carbocycles. The second kappa shape index (κ2) is 6.17. The van der Waals surface area contributed by atoms with Gasteiger partial charge in [-0.3, -0.25) is 4.79 Å². The average molecular weight is 382 g/mol. The Morgan fingerprint density at radius 2 is 2.00 bits per heavy atom. The Bertz CT molecular complexity index is 1030. The number of nitrogens with one attached hydrogen (secondary N) is 2. The molecule has 2 aromatic heterocycles. The molecule has 0 unspecified atom stereocenters. The van der Waals surface area contributed by atoms with Gasteiger partial charge >= 0.3 is 0 Å². The zero-order chi connectivity index (χ0) is 16.5. The van der Waals surface area contributed by atoms with Crippen molar-refractivity contribution < 1.29 is 4.79 Å². The normalized spacial score (nSPS) is 11.2. The Labute approximate surface area is 147 Å². The van der Waals surface area contributed by atoms with Gasteiger partial charge in [0, 0.05) is 51.9 Å². The van der Waals surface area contributed by atoms with Crippen LogP contribution in [0, 0.1) is 0 Å². The summed E-state index contributed by atoms with van der Waals surface area (Å²) in [6, 6.07) is 16.1. The molecule has 1 amide bonds. The maximum Gasteiger partial charge on any atom is 0.226 e. The molecular formula is C19H16BrN3O. The molecule has 0 fully saturated rings. The molecule has 4 aromatic rings. The van der Waals surface area contributed by atoms with Gasteiger partial charge in [0.05, 0.1) is 0 Å². The lowest BCUT2D eigenvalue weighted by Crippen LogP contribution is -2.14. The number of carbonyl (C=O) groups is 1. The van der Waals surface area contributed by atoms with Gasteiger partial charge in [0.1, 0.15) is 0 Å². The number of hydrogen-bond donors (Lipinski definition) is 2. The van der Waals surface area contributed by atoms with E-state index in [0.717, 1.165) is 26.6 Å². The second-order valence-electron chi connectivity index (χ2n) is 5.79. The first kappa shape index (κ1) is 15.0. The Hall–Kier alpha value is -2.53. The van der Waals surface area contributed by atoms with Crippen molar-refractivity contribution >= 4 is 49.3 Å². The largest absolute Gasteiger partial charge is 0.361 e. The van der Waals surface area contributed by atoms with E-state index in [4.69, 9.17) is 0 Å². The van der Waals surface area contributed by atoms with Gasteiger partial charge in [-0.25, -0.2) is 0 Å². The fraction of sp³-hybridized carbons (Fsp3) is 0.105. The molecule has 0 aliphatic heterocycles. The SMILES string of the molecule is O=C(CCn1ccc2cc(Br)ccc21)Nc1ccc2cc[nH]c2c1. The van der Waals surface area contributed by atoms with Crippen molar-refractivity contribution in [2.45, 2.75) is 13.0 Å². The van der Waals surface area contributed by atoms with Crippen molar-refractivity contribution in [2.75, 3.05) is 5.32 Å². The van der Waals surface area contributed by atoms with Crippen molar-refractivity contribution in [2.24, 2.45) is 0 Å². The number of aromatic nitrogens is 2. The minimum Gasteiger partial charge on any atom is -0.361 e. The Morgan fingerprint density at radius 3 is 2.92 bits per heavy atom. The first-order chi connectivity index (χ1) is 11.7. The molecule has 4 nitrogen and oxygen atoms in total. The van der Waals surface area contributed by atoms with Crippen LogP contribution in [0.2, 0.25) is 0 Å². The van der Waals surface area contributed by atoms with Crippen molar-refractivity contribution in [3.8, 4) is 0 Å². The summed E-state index contributed by atoms with van der Waals surface area (Å²) in [4.78, 5) is 15.4. The molecule has 0 aliphatic rings. The molecule has 2 aromatic carbocycles. The smallest absolute Gasteiger partial charge is 0.226 e. The first-order valence-corrected chi connectivity index (χ1v) is 8.60. The van der Waals surface area contributed by atoms with Crippen LogP contribution in [0.4, 0.5) is 5.69 Å². The van der Waals surface area contributed by atoms with Crippen LogP contribution in [-0.4, -0.2) is 15.5 Å². The second-order valence-corrected chi connectivity index (χ2v) is 6.71. The predicted octanol–water partition coefficient (Wildman–Crippen LogP) is 4.91. The summed E-state index contributed by atoms with van der Waals surface area (Å²) in [5.41, 5.74) is 2.98. The summed E-state index contributed by atoms with van der Waals surface area (Å²) in [5, 5.41) is 5.27. The molecule has 5 heteroatoms. The molecule has 24 heavy (non-hydrogen) atoms. The fourth-order valence-corrected chi connectivity index (χ4v) is 3.32. The number of nitrogens with zero attached hydrogens (tertiary/aromatic N) is 1. The van der Waals surface area contributed by atoms with E-state index in [2.05, 4.69) is 49.0 Å². The van der Waals surface area contributed by atoms with E-state index in [1.54, 1.807) is 0 Å². The van der Waals surface area contributed by atoms with E-state index < -0.39 is 0 Å². The maximum absolute atomic E-state index is 12.2. The summed E-state index contributed by atoms with van der Waals surface area (Å²) in [6.45, 7) is 0.654. The summed E-state index contributed by atoms with van der Waals surface area (Å²) >= 11 is 3.48. The fourth-order valence-electron chi connectivity index (χ4n) is 2.94.